The third kappa shape index (κ3) is 15.6. The fourth-order valence-corrected chi connectivity index (χ4v) is 6.95. The van der Waals surface area contributed by atoms with Gasteiger partial charge in [0.2, 0.25) is 11.9 Å². The summed E-state index contributed by atoms with van der Waals surface area (Å²) in [6, 6.07) is 0. The largest absolute Gasteiger partial charge is 0.480 e. The zero-order valence-corrected chi connectivity index (χ0v) is 35.5. The Kier molecular flexibility index (Phi) is 18.4. The van der Waals surface area contributed by atoms with Gasteiger partial charge in [0.05, 0.1) is 44.7 Å². The molecule has 21 heteroatoms. The number of carboxylic acid groups (broad SMARTS) is 3. The van der Waals surface area contributed by atoms with E-state index in [9.17, 15) is 38.9 Å². The maximum atomic E-state index is 14.2. The number of anilines is 2. The fraction of sp³-hybridized carbons (Fsp3) is 0.692. The molecule has 2 aromatic rings. The molecule has 4 rings (SSSR count). The average molecular weight is 846 g/mol. The van der Waals surface area contributed by atoms with Gasteiger partial charge in [0.25, 0.3) is 0 Å². The summed E-state index contributed by atoms with van der Waals surface area (Å²) in [7, 11) is 0. The second kappa shape index (κ2) is 23.1. The summed E-state index contributed by atoms with van der Waals surface area (Å²) in [6.07, 6.45) is 5.75. The molecule has 0 aliphatic carbocycles. The number of allylic oxidation sites excluding steroid dienone is 2. The number of unbranched alkanes of at least 4 members (excludes halogenated alkanes) is 2. The van der Waals surface area contributed by atoms with Crippen LogP contribution in [0.2, 0.25) is 0 Å². The summed E-state index contributed by atoms with van der Waals surface area (Å²) < 4.78 is 16.2. The molecular weight excluding hydrogens is 782 g/mol. The quantitative estimate of drug-likeness (QED) is 0.0851. The van der Waals surface area contributed by atoms with Crippen molar-refractivity contribution in [1.82, 2.24) is 44.4 Å². The van der Waals surface area contributed by atoms with E-state index < -0.39 is 24.1 Å². The van der Waals surface area contributed by atoms with E-state index in [1.54, 1.807) is 27.2 Å². The third-order valence-electron chi connectivity index (χ3n) is 10.4. The molecule has 7 N–H and O–H groups in total. The Morgan fingerprint density at radius 2 is 1.40 bits per heavy atom. The minimum absolute atomic E-state index is 0.0587. The minimum atomic E-state index is -1.02. The molecule has 2 aliphatic rings. The normalized spacial score (nSPS) is 18.9. The van der Waals surface area contributed by atoms with E-state index in [4.69, 9.17) is 15.7 Å². The van der Waals surface area contributed by atoms with Crippen LogP contribution in [-0.4, -0.2) is 195 Å². The molecule has 60 heavy (non-hydrogen) atoms. The van der Waals surface area contributed by atoms with E-state index >= 15 is 0 Å². The van der Waals surface area contributed by atoms with Gasteiger partial charge in [-0.05, 0) is 52.9 Å². The van der Waals surface area contributed by atoms with Crippen LogP contribution in [0, 0.1) is 0 Å². The molecule has 0 spiro atoms. The van der Waals surface area contributed by atoms with Crippen LogP contribution < -0.4 is 21.3 Å². The van der Waals surface area contributed by atoms with Gasteiger partial charge < -0.3 is 41.2 Å². The average Bonchev–Trinajstić information content (AvgIpc) is 3.82. The maximum Gasteiger partial charge on any atom is 0.317 e. The van der Waals surface area contributed by atoms with Gasteiger partial charge in [-0.1, -0.05) is 6.92 Å². The molecule has 0 aromatic carbocycles. The summed E-state index contributed by atoms with van der Waals surface area (Å²) in [5.74, 6) is -2.35. The number of nitrogens with one attached hydrogen (secondary N) is 2. The molecule has 1 amide bonds. The number of carbonyl (C=O) groups is 4. The van der Waals surface area contributed by atoms with Crippen LogP contribution in [0.3, 0.4) is 0 Å². The molecule has 0 saturated carbocycles. The standard InChI is InChI=1S/C39H64FN13O7/c1-5-29(41)30(45-36-35-37(53(27-44-35)39(2,3)4)47-38(46-36)52-12-9-28(40)22-52)21-42-10-7-6-8-11-43-31(54)23-48-13-15-49(24-32(55)56)17-19-51(26-34(59)60)20-18-50(16-14-48)25-33(57)58/h21,27-28H,5-20,22-26,41H2,1-4H3,(H,43,54)(H,55,56)(H,57,58)(H,59,60)(H,45,46,47)/t28-/m0/s1. The molecule has 0 bridgehead atoms. The number of aliphatic imine (C=N–C) groups is 1. The summed E-state index contributed by atoms with van der Waals surface area (Å²) in [4.78, 5) is 75.3. The molecule has 4 heterocycles. The summed E-state index contributed by atoms with van der Waals surface area (Å²) in [5, 5.41) is 34.6. The van der Waals surface area contributed by atoms with Gasteiger partial charge >= 0.3 is 17.9 Å². The van der Waals surface area contributed by atoms with E-state index in [0.717, 1.165) is 19.3 Å². The monoisotopic (exact) mass is 846 g/mol. The van der Waals surface area contributed by atoms with E-state index in [1.807, 2.05) is 21.3 Å². The molecule has 2 aliphatic heterocycles. The second-order valence-corrected chi connectivity index (χ2v) is 16.3. The van der Waals surface area contributed by atoms with Crippen molar-refractivity contribution >= 4 is 53.0 Å². The number of carbonyl (C=O) groups excluding carboxylic acids is 1. The van der Waals surface area contributed by atoms with Crippen molar-refractivity contribution in [2.75, 3.05) is 115 Å². The molecule has 20 nitrogen and oxygen atoms in total. The number of nitrogens with zero attached hydrogens (tertiary/aromatic N) is 10. The molecule has 0 radical (unpaired) electrons. The number of amides is 1. The zero-order chi connectivity index (χ0) is 43.8. The lowest BCUT2D eigenvalue weighted by molar-refractivity contribution is -0.140. The van der Waals surface area contributed by atoms with Crippen molar-refractivity contribution in [2.45, 2.75) is 71.5 Å². The van der Waals surface area contributed by atoms with E-state index in [0.29, 0.717) is 119 Å². The van der Waals surface area contributed by atoms with Crippen molar-refractivity contribution in [3.8, 4) is 0 Å². The topological polar surface area (TPSA) is 251 Å². The highest BCUT2D eigenvalue weighted by Crippen LogP contribution is 2.29. The molecule has 2 fully saturated rings. The highest BCUT2D eigenvalue weighted by molar-refractivity contribution is 5.91. The third-order valence-corrected chi connectivity index (χ3v) is 10.4. The molecule has 0 unspecified atom stereocenters. The van der Waals surface area contributed by atoms with Crippen molar-refractivity contribution in [2.24, 2.45) is 10.7 Å². The van der Waals surface area contributed by atoms with E-state index in [1.165, 1.54) is 0 Å². The summed E-state index contributed by atoms with van der Waals surface area (Å²) in [5.41, 5.74) is 8.50. The molecule has 334 valence electrons. The van der Waals surface area contributed by atoms with Crippen LogP contribution in [0.1, 0.15) is 59.8 Å². The lowest BCUT2D eigenvalue weighted by atomic mass is 10.1. The van der Waals surface area contributed by atoms with Gasteiger partial charge in [0, 0.05) is 89.4 Å². The van der Waals surface area contributed by atoms with Gasteiger partial charge in [-0.2, -0.15) is 9.97 Å². The molecule has 1 atom stereocenters. The van der Waals surface area contributed by atoms with E-state index in [-0.39, 0.29) is 44.2 Å². The fourth-order valence-electron chi connectivity index (χ4n) is 6.95. The molecular formula is C39H64FN13O7. The number of aromatic nitrogens is 4. The SMILES string of the molecule is CCC(N)=C(C=NCCCCCNC(=O)CN1CCN(CC(=O)O)CCN(CC(=O)O)CCN(CC(=O)O)CC1)Nc1nc(N2CC[C@H](F)C2)nc2c1ncn2C(C)(C)C. The number of fused-ring (bicyclic) bond motifs is 1. The van der Waals surface area contributed by atoms with Crippen molar-refractivity contribution < 1.29 is 38.9 Å². The number of imidazole rings is 1. The Hall–Kier alpha value is -4.99. The first-order valence-electron chi connectivity index (χ1n) is 20.7. The number of hydrogen-bond acceptors (Lipinski definition) is 15. The first-order valence-corrected chi connectivity index (χ1v) is 20.7. The first-order chi connectivity index (χ1) is 28.5. The van der Waals surface area contributed by atoms with Crippen LogP contribution in [0.25, 0.3) is 11.2 Å². The highest BCUT2D eigenvalue weighted by Gasteiger charge is 2.28. The zero-order valence-electron chi connectivity index (χ0n) is 35.5. The highest BCUT2D eigenvalue weighted by atomic mass is 19.1. The van der Waals surface area contributed by atoms with Crippen LogP contribution in [0.4, 0.5) is 16.2 Å². The van der Waals surface area contributed by atoms with Gasteiger partial charge in [-0.25, -0.2) is 9.37 Å². The Morgan fingerprint density at radius 1 is 0.850 bits per heavy atom. The second-order valence-electron chi connectivity index (χ2n) is 16.3. The van der Waals surface area contributed by atoms with Crippen LogP contribution in [-0.2, 0) is 24.7 Å². The Bertz CT molecular complexity index is 1790. The van der Waals surface area contributed by atoms with Crippen LogP contribution in [0.15, 0.2) is 22.7 Å². The van der Waals surface area contributed by atoms with Gasteiger partial charge in [0.1, 0.15) is 6.17 Å². The number of aliphatic carboxylic acids is 3. The predicted molar refractivity (Wildman–Crippen MR) is 226 cm³/mol. The summed E-state index contributed by atoms with van der Waals surface area (Å²) >= 11 is 0. The Balaban J connectivity index is 1.29. The number of hydrogen-bond donors (Lipinski definition) is 6. The van der Waals surface area contributed by atoms with Crippen molar-refractivity contribution in [1.29, 1.82) is 0 Å². The molecule has 2 saturated heterocycles. The minimum Gasteiger partial charge on any atom is -0.480 e. The number of carboxylic acids is 3. The van der Waals surface area contributed by atoms with Gasteiger partial charge in [-0.15, -0.1) is 0 Å². The molecule has 2 aromatic heterocycles. The van der Waals surface area contributed by atoms with Gasteiger partial charge in [-0.3, -0.25) is 43.8 Å². The summed E-state index contributed by atoms with van der Waals surface area (Å²) in [6.45, 7) is 11.8. The Labute approximate surface area is 350 Å². The lowest BCUT2D eigenvalue weighted by Gasteiger charge is -2.32. The number of rotatable bonds is 19. The number of alkyl halides is 1. The van der Waals surface area contributed by atoms with Crippen LogP contribution in [0.5, 0.6) is 0 Å². The van der Waals surface area contributed by atoms with E-state index in [2.05, 4.69) is 41.4 Å². The lowest BCUT2D eigenvalue weighted by Crippen LogP contribution is -2.49. The number of halogens is 1. The maximum absolute atomic E-state index is 14.2. The van der Waals surface area contributed by atoms with Crippen LogP contribution >= 0.6 is 0 Å². The first kappa shape index (κ1) is 47.7. The predicted octanol–water partition coefficient (Wildman–Crippen LogP) is 0.954. The Morgan fingerprint density at radius 3 is 1.88 bits per heavy atom. The van der Waals surface area contributed by atoms with Crippen molar-refractivity contribution in [3.63, 3.8) is 0 Å². The van der Waals surface area contributed by atoms with Gasteiger partial charge in [0.15, 0.2) is 17.0 Å². The number of nitrogens with two attached hydrogens (primary N) is 1. The smallest absolute Gasteiger partial charge is 0.317 e. The van der Waals surface area contributed by atoms with Crippen molar-refractivity contribution in [3.05, 3.63) is 17.7 Å².